The highest BCUT2D eigenvalue weighted by molar-refractivity contribution is 7.11. The number of hydrogen-bond acceptors (Lipinski definition) is 4. The van der Waals surface area contributed by atoms with Gasteiger partial charge in [-0.3, -0.25) is 0 Å². The molecule has 98 valence electrons. The molecule has 0 fully saturated rings. The lowest BCUT2D eigenvalue weighted by Gasteiger charge is -2.25. The molecule has 2 N–H and O–H groups in total. The van der Waals surface area contributed by atoms with Gasteiger partial charge in [0.2, 0.25) is 0 Å². The predicted octanol–water partition coefficient (Wildman–Crippen LogP) is 2.36. The van der Waals surface area contributed by atoms with Crippen LogP contribution < -0.4 is 5.32 Å². The second-order valence-electron chi connectivity index (χ2n) is 5.33. The number of hydrogen-bond donors (Lipinski definition) is 2. The Morgan fingerprint density at radius 2 is 2.39 bits per heavy atom. The highest BCUT2D eigenvalue weighted by Gasteiger charge is 2.27. The lowest BCUT2D eigenvalue weighted by molar-refractivity contribution is 0.244. The largest absolute Gasteiger partial charge is 0.396 e. The summed E-state index contributed by atoms with van der Waals surface area (Å²) in [5.41, 5.74) is 1.31. The second-order valence-corrected chi connectivity index (χ2v) is 6.56. The van der Waals surface area contributed by atoms with E-state index in [2.05, 4.69) is 29.4 Å². The average Bonchev–Trinajstić information content (AvgIpc) is 2.95. The molecule has 18 heavy (non-hydrogen) atoms. The Morgan fingerprint density at radius 3 is 3.17 bits per heavy atom. The van der Waals surface area contributed by atoms with E-state index in [0.29, 0.717) is 18.0 Å². The molecule has 0 unspecified atom stereocenters. The topological polar surface area (TPSA) is 45.2 Å². The maximum atomic E-state index is 9.16. The fraction of sp³-hybridized carbons (Fsp3) is 0.643. The summed E-state index contributed by atoms with van der Waals surface area (Å²) in [7, 11) is 0. The normalized spacial score (nSPS) is 30.7. The van der Waals surface area contributed by atoms with Crippen molar-refractivity contribution in [3.63, 3.8) is 0 Å². The highest BCUT2D eigenvalue weighted by Crippen LogP contribution is 2.35. The van der Waals surface area contributed by atoms with E-state index in [0.717, 1.165) is 12.8 Å². The number of nitrogens with one attached hydrogen (secondary N) is 1. The minimum Gasteiger partial charge on any atom is -0.396 e. The fourth-order valence-electron chi connectivity index (χ4n) is 2.99. The standard InChI is InChI=1S/C14H20N2OS/c1-9-15-12-3-2-4-13(14(12)18-9)16-11-6-5-10(7-11)8-17/h5-6,10-11,13,16-17H,2-4,7-8H2,1H3/t10-,11+,13+/m0/s1. The van der Waals surface area contributed by atoms with Gasteiger partial charge in [-0.05, 0) is 32.6 Å². The first kappa shape index (κ1) is 12.3. The Morgan fingerprint density at radius 1 is 1.50 bits per heavy atom. The molecule has 0 amide bonds. The molecule has 0 spiro atoms. The van der Waals surface area contributed by atoms with Gasteiger partial charge in [-0.1, -0.05) is 12.2 Å². The van der Waals surface area contributed by atoms with Gasteiger partial charge < -0.3 is 10.4 Å². The van der Waals surface area contributed by atoms with E-state index in [1.807, 2.05) is 11.3 Å². The van der Waals surface area contributed by atoms with Gasteiger partial charge in [-0.25, -0.2) is 4.98 Å². The SMILES string of the molecule is Cc1nc2c(s1)[C@H](N[C@@H]1C=C[C@H](CO)C1)CCC2. The third-order valence-electron chi connectivity index (χ3n) is 3.88. The Balaban J connectivity index is 1.69. The summed E-state index contributed by atoms with van der Waals surface area (Å²) in [5, 5.41) is 14.1. The van der Waals surface area contributed by atoms with Gasteiger partial charge >= 0.3 is 0 Å². The monoisotopic (exact) mass is 264 g/mol. The smallest absolute Gasteiger partial charge is 0.0900 e. The van der Waals surface area contributed by atoms with Crippen molar-refractivity contribution < 1.29 is 5.11 Å². The zero-order valence-corrected chi connectivity index (χ0v) is 11.5. The van der Waals surface area contributed by atoms with Gasteiger partial charge in [-0.2, -0.15) is 0 Å². The van der Waals surface area contributed by atoms with Crippen LogP contribution in [0.25, 0.3) is 0 Å². The summed E-state index contributed by atoms with van der Waals surface area (Å²) in [5.74, 6) is 0.341. The first-order chi connectivity index (χ1) is 8.76. The van der Waals surface area contributed by atoms with Gasteiger partial charge in [0.1, 0.15) is 0 Å². The fourth-order valence-corrected chi connectivity index (χ4v) is 4.06. The van der Waals surface area contributed by atoms with Crippen LogP contribution in [0.1, 0.15) is 40.9 Å². The van der Waals surface area contributed by atoms with Gasteiger partial charge in [0.25, 0.3) is 0 Å². The molecule has 0 aromatic carbocycles. The predicted molar refractivity (Wildman–Crippen MR) is 73.8 cm³/mol. The zero-order valence-electron chi connectivity index (χ0n) is 10.7. The van der Waals surface area contributed by atoms with Gasteiger partial charge in [-0.15, -0.1) is 11.3 Å². The van der Waals surface area contributed by atoms with E-state index in [-0.39, 0.29) is 6.61 Å². The molecular formula is C14H20N2OS. The summed E-state index contributed by atoms with van der Waals surface area (Å²) in [6.45, 7) is 2.36. The van der Waals surface area contributed by atoms with Gasteiger partial charge in [0.05, 0.1) is 10.7 Å². The van der Waals surface area contributed by atoms with E-state index in [4.69, 9.17) is 5.11 Å². The minimum atomic E-state index is 0.268. The molecule has 0 aliphatic heterocycles. The Hall–Kier alpha value is -0.710. The molecule has 0 saturated carbocycles. The summed E-state index contributed by atoms with van der Waals surface area (Å²) in [4.78, 5) is 6.07. The summed E-state index contributed by atoms with van der Waals surface area (Å²) >= 11 is 1.84. The lowest BCUT2D eigenvalue weighted by atomic mass is 9.97. The van der Waals surface area contributed by atoms with Crippen molar-refractivity contribution in [1.82, 2.24) is 10.3 Å². The number of aliphatic hydroxyl groups excluding tert-OH is 1. The van der Waals surface area contributed by atoms with Crippen molar-refractivity contribution in [2.75, 3.05) is 6.61 Å². The number of aryl methyl sites for hydroxylation is 2. The number of thiazole rings is 1. The number of nitrogens with zero attached hydrogens (tertiary/aromatic N) is 1. The molecule has 3 nitrogen and oxygen atoms in total. The van der Waals surface area contributed by atoms with Crippen LogP contribution in [-0.2, 0) is 6.42 Å². The van der Waals surface area contributed by atoms with Crippen molar-refractivity contribution in [1.29, 1.82) is 0 Å². The van der Waals surface area contributed by atoms with Crippen LogP contribution in [0.2, 0.25) is 0 Å². The van der Waals surface area contributed by atoms with Gasteiger partial charge in [0.15, 0.2) is 0 Å². The molecular weight excluding hydrogens is 244 g/mol. The molecule has 2 aliphatic carbocycles. The molecule has 2 aliphatic rings. The first-order valence-corrected chi connectivity index (χ1v) is 7.59. The Kier molecular flexibility index (Phi) is 3.50. The summed E-state index contributed by atoms with van der Waals surface area (Å²) in [6.07, 6.45) is 8.95. The molecule has 0 bridgehead atoms. The highest BCUT2D eigenvalue weighted by atomic mass is 32.1. The number of rotatable bonds is 3. The molecule has 1 aromatic rings. The maximum absolute atomic E-state index is 9.16. The minimum absolute atomic E-state index is 0.268. The molecule has 3 rings (SSSR count). The van der Waals surface area contributed by atoms with Crippen LogP contribution in [0.4, 0.5) is 0 Å². The van der Waals surface area contributed by atoms with E-state index >= 15 is 0 Å². The molecule has 0 radical (unpaired) electrons. The van der Waals surface area contributed by atoms with Crippen LogP contribution in [0.3, 0.4) is 0 Å². The van der Waals surface area contributed by atoms with E-state index < -0.39 is 0 Å². The van der Waals surface area contributed by atoms with Gasteiger partial charge in [0, 0.05) is 29.5 Å². The van der Waals surface area contributed by atoms with Crippen LogP contribution in [0.5, 0.6) is 0 Å². The molecule has 1 heterocycles. The third-order valence-corrected chi connectivity index (χ3v) is 5.01. The number of fused-ring (bicyclic) bond motifs is 1. The van der Waals surface area contributed by atoms with Crippen molar-refractivity contribution in [2.45, 2.75) is 44.7 Å². The Bertz CT molecular complexity index is 455. The van der Waals surface area contributed by atoms with Crippen LogP contribution in [0.15, 0.2) is 12.2 Å². The average molecular weight is 264 g/mol. The van der Waals surface area contributed by atoms with Crippen molar-refractivity contribution in [3.05, 3.63) is 27.7 Å². The van der Waals surface area contributed by atoms with Crippen LogP contribution in [-0.4, -0.2) is 22.7 Å². The third kappa shape index (κ3) is 2.37. The van der Waals surface area contributed by atoms with E-state index in [9.17, 15) is 0 Å². The zero-order chi connectivity index (χ0) is 12.5. The Labute approximate surface area is 112 Å². The van der Waals surface area contributed by atoms with Crippen molar-refractivity contribution in [3.8, 4) is 0 Å². The second kappa shape index (κ2) is 5.11. The number of aromatic nitrogens is 1. The van der Waals surface area contributed by atoms with E-state index in [1.165, 1.54) is 28.4 Å². The van der Waals surface area contributed by atoms with Crippen molar-refractivity contribution in [2.24, 2.45) is 5.92 Å². The number of aliphatic hydroxyl groups is 1. The van der Waals surface area contributed by atoms with Crippen LogP contribution in [0, 0.1) is 12.8 Å². The molecule has 3 atom stereocenters. The molecule has 4 heteroatoms. The van der Waals surface area contributed by atoms with Crippen LogP contribution >= 0.6 is 11.3 Å². The lowest BCUT2D eigenvalue weighted by Crippen LogP contribution is -2.32. The van der Waals surface area contributed by atoms with Crippen molar-refractivity contribution >= 4 is 11.3 Å². The van der Waals surface area contributed by atoms with E-state index in [1.54, 1.807) is 0 Å². The quantitative estimate of drug-likeness (QED) is 0.824. The summed E-state index contributed by atoms with van der Waals surface area (Å²) in [6, 6.07) is 0.882. The molecule has 0 saturated heterocycles. The summed E-state index contributed by atoms with van der Waals surface area (Å²) < 4.78 is 0. The molecule has 1 aromatic heterocycles. The maximum Gasteiger partial charge on any atom is 0.0900 e. The first-order valence-electron chi connectivity index (χ1n) is 6.77.